The van der Waals surface area contributed by atoms with E-state index in [0.717, 1.165) is 24.6 Å². The zero-order chi connectivity index (χ0) is 17.4. The fourth-order valence-corrected chi connectivity index (χ4v) is 3.10. The number of halogens is 1. The van der Waals surface area contributed by atoms with Gasteiger partial charge < -0.3 is 10.6 Å². The first kappa shape index (κ1) is 21.5. The molecule has 0 bridgehead atoms. The Morgan fingerprint density at radius 3 is 2.48 bits per heavy atom. The van der Waals surface area contributed by atoms with Crippen molar-refractivity contribution in [2.45, 2.75) is 32.7 Å². The highest BCUT2D eigenvalue weighted by molar-refractivity contribution is 14.0. The first-order valence-corrected chi connectivity index (χ1v) is 8.98. The third-order valence-electron chi connectivity index (χ3n) is 3.73. The van der Waals surface area contributed by atoms with Crippen molar-refractivity contribution in [2.75, 3.05) is 13.1 Å². The number of guanidine groups is 1. The Morgan fingerprint density at radius 2 is 1.92 bits per heavy atom. The average molecular weight is 468 g/mol. The van der Waals surface area contributed by atoms with Crippen molar-refractivity contribution >= 4 is 41.3 Å². The van der Waals surface area contributed by atoms with Crippen LogP contribution in [0.2, 0.25) is 0 Å². The van der Waals surface area contributed by atoms with Crippen LogP contribution in [0.5, 0.6) is 0 Å². The Hall–Kier alpha value is -1.59. The number of hydrogen-bond donors (Lipinski definition) is 2. The van der Waals surface area contributed by atoms with Crippen LogP contribution in [0.3, 0.4) is 0 Å². The molecule has 0 amide bonds. The number of benzene rings is 1. The fraction of sp³-hybridized carbons (Fsp3) is 0.368. The third kappa shape index (κ3) is 6.67. The molecule has 0 spiro atoms. The topological polar surface area (TPSA) is 60.2 Å². The van der Waals surface area contributed by atoms with Crippen molar-refractivity contribution in [1.29, 1.82) is 5.26 Å². The van der Waals surface area contributed by atoms with Crippen molar-refractivity contribution in [1.82, 2.24) is 10.6 Å². The summed E-state index contributed by atoms with van der Waals surface area (Å²) in [5.74, 6) is 0.812. The van der Waals surface area contributed by atoms with Crippen LogP contribution in [0.25, 0.3) is 0 Å². The van der Waals surface area contributed by atoms with Gasteiger partial charge in [0, 0.05) is 23.4 Å². The minimum absolute atomic E-state index is 0. The highest BCUT2D eigenvalue weighted by Crippen LogP contribution is 2.26. The van der Waals surface area contributed by atoms with Crippen molar-refractivity contribution < 1.29 is 0 Å². The quantitative estimate of drug-likeness (QED) is 0.378. The molecule has 1 aromatic heterocycles. The van der Waals surface area contributed by atoms with E-state index in [4.69, 9.17) is 5.26 Å². The number of nitrogens with zero attached hydrogens (tertiary/aromatic N) is 2. The highest BCUT2D eigenvalue weighted by Gasteiger charge is 2.21. The molecule has 0 atom stereocenters. The molecule has 0 fully saturated rings. The number of rotatable bonds is 6. The predicted molar refractivity (Wildman–Crippen MR) is 117 cm³/mol. The molecule has 2 N–H and O–H groups in total. The second-order valence-corrected chi connectivity index (χ2v) is 7.17. The molecular weight excluding hydrogens is 443 g/mol. The number of nitriles is 1. The lowest BCUT2D eigenvalue weighted by molar-refractivity contribution is 0.518. The summed E-state index contributed by atoms with van der Waals surface area (Å²) in [6.45, 7) is 8.74. The smallest absolute Gasteiger partial charge is 0.191 e. The van der Waals surface area contributed by atoms with Crippen LogP contribution >= 0.6 is 35.3 Å². The molecule has 1 heterocycles. The minimum atomic E-state index is 0. The summed E-state index contributed by atoms with van der Waals surface area (Å²) in [5, 5.41) is 17.7. The number of hydrogen-bond acceptors (Lipinski definition) is 3. The molecule has 0 radical (unpaired) electrons. The van der Waals surface area contributed by atoms with Gasteiger partial charge in [-0.15, -0.1) is 35.3 Å². The molecule has 0 saturated carbocycles. The van der Waals surface area contributed by atoms with E-state index in [9.17, 15) is 0 Å². The Kier molecular flexibility index (Phi) is 8.93. The van der Waals surface area contributed by atoms with E-state index in [-0.39, 0.29) is 29.4 Å². The molecule has 0 aliphatic heterocycles. The first-order chi connectivity index (χ1) is 11.5. The average Bonchev–Trinajstić information content (AvgIpc) is 3.13. The Morgan fingerprint density at radius 1 is 1.20 bits per heavy atom. The molecule has 134 valence electrons. The minimum Gasteiger partial charge on any atom is -0.357 e. The maximum atomic E-state index is 8.84. The van der Waals surface area contributed by atoms with Crippen molar-refractivity contribution in [3.8, 4) is 6.07 Å². The number of nitrogens with one attached hydrogen (secondary N) is 2. The zero-order valence-electron chi connectivity index (χ0n) is 14.9. The van der Waals surface area contributed by atoms with Gasteiger partial charge in [-0.1, -0.05) is 32.0 Å². The van der Waals surface area contributed by atoms with E-state index >= 15 is 0 Å². The van der Waals surface area contributed by atoms with Gasteiger partial charge in [0.15, 0.2) is 5.96 Å². The van der Waals surface area contributed by atoms with Crippen LogP contribution in [-0.4, -0.2) is 19.0 Å². The Bertz CT molecular complexity index is 700. The Balaban J connectivity index is 0.00000312. The maximum absolute atomic E-state index is 8.84. The molecule has 0 aliphatic carbocycles. The van der Waals surface area contributed by atoms with Gasteiger partial charge in [0.2, 0.25) is 0 Å². The summed E-state index contributed by atoms with van der Waals surface area (Å²) >= 11 is 1.78. The van der Waals surface area contributed by atoms with E-state index in [0.29, 0.717) is 12.1 Å². The lowest BCUT2D eigenvalue weighted by Crippen LogP contribution is -2.43. The molecule has 6 heteroatoms. The van der Waals surface area contributed by atoms with Crippen molar-refractivity contribution in [3.63, 3.8) is 0 Å². The molecule has 0 aliphatic rings. The van der Waals surface area contributed by atoms with Crippen LogP contribution in [-0.2, 0) is 12.0 Å². The molecule has 2 rings (SSSR count). The van der Waals surface area contributed by atoms with E-state index in [1.165, 1.54) is 4.88 Å². The maximum Gasteiger partial charge on any atom is 0.191 e. The number of thiophene rings is 1. The molecular formula is C19H25IN4S. The summed E-state index contributed by atoms with van der Waals surface area (Å²) in [7, 11) is 0. The zero-order valence-corrected chi connectivity index (χ0v) is 18.0. The Labute approximate surface area is 171 Å². The standard InChI is InChI=1S/C19H24N4S.HI/c1-4-21-18(22-13-16-9-7-15(12-20)8-10-16)23-14-19(2,3)17-6-5-11-24-17;/h5-11H,4,13-14H2,1-3H3,(H2,21,22,23);1H. The van der Waals surface area contributed by atoms with E-state index in [1.807, 2.05) is 24.3 Å². The van der Waals surface area contributed by atoms with E-state index < -0.39 is 0 Å². The van der Waals surface area contributed by atoms with Gasteiger partial charge in [-0.05, 0) is 36.1 Å². The molecule has 0 saturated heterocycles. The SMILES string of the molecule is CCNC(=NCc1ccc(C#N)cc1)NCC(C)(C)c1cccs1.I. The molecule has 2 aromatic rings. The van der Waals surface area contributed by atoms with Crippen molar-refractivity contribution in [2.24, 2.45) is 4.99 Å². The molecule has 25 heavy (non-hydrogen) atoms. The molecule has 1 aromatic carbocycles. The second kappa shape index (κ2) is 10.4. The van der Waals surface area contributed by atoms with E-state index in [2.05, 4.69) is 60.0 Å². The lowest BCUT2D eigenvalue weighted by Gasteiger charge is -2.25. The number of aliphatic imine (C=N–C) groups is 1. The summed E-state index contributed by atoms with van der Waals surface area (Å²) in [6, 6.07) is 13.9. The molecule has 4 nitrogen and oxygen atoms in total. The van der Waals surface area contributed by atoms with Crippen LogP contribution in [0.1, 0.15) is 36.8 Å². The van der Waals surface area contributed by atoms with Gasteiger partial charge in [-0.25, -0.2) is 4.99 Å². The van der Waals surface area contributed by atoms with Gasteiger partial charge in [0.05, 0.1) is 18.2 Å². The largest absolute Gasteiger partial charge is 0.357 e. The fourth-order valence-electron chi connectivity index (χ4n) is 2.25. The predicted octanol–water partition coefficient (Wildman–Crippen LogP) is 4.27. The summed E-state index contributed by atoms with van der Waals surface area (Å²) in [6.07, 6.45) is 0. The second-order valence-electron chi connectivity index (χ2n) is 6.22. The lowest BCUT2D eigenvalue weighted by atomic mass is 9.91. The van der Waals surface area contributed by atoms with Gasteiger partial charge in [0.1, 0.15) is 0 Å². The van der Waals surface area contributed by atoms with Gasteiger partial charge in [0.25, 0.3) is 0 Å². The monoisotopic (exact) mass is 468 g/mol. The highest BCUT2D eigenvalue weighted by atomic mass is 127. The van der Waals surface area contributed by atoms with Gasteiger partial charge >= 0.3 is 0 Å². The third-order valence-corrected chi connectivity index (χ3v) is 4.97. The first-order valence-electron chi connectivity index (χ1n) is 8.10. The van der Waals surface area contributed by atoms with Crippen LogP contribution in [0.15, 0.2) is 46.8 Å². The van der Waals surface area contributed by atoms with Crippen LogP contribution < -0.4 is 10.6 Å². The summed E-state index contributed by atoms with van der Waals surface area (Å²) in [5.41, 5.74) is 1.81. The van der Waals surface area contributed by atoms with Crippen LogP contribution in [0.4, 0.5) is 0 Å². The van der Waals surface area contributed by atoms with Gasteiger partial charge in [-0.2, -0.15) is 5.26 Å². The summed E-state index contributed by atoms with van der Waals surface area (Å²) in [4.78, 5) is 6.00. The van der Waals surface area contributed by atoms with Crippen molar-refractivity contribution in [3.05, 3.63) is 57.8 Å². The van der Waals surface area contributed by atoms with Crippen LogP contribution in [0, 0.1) is 11.3 Å². The normalized spacial score (nSPS) is 11.4. The van der Waals surface area contributed by atoms with E-state index in [1.54, 1.807) is 11.3 Å². The molecule has 0 unspecified atom stereocenters. The summed E-state index contributed by atoms with van der Waals surface area (Å²) < 4.78 is 0. The van der Waals surface area contributed by atoms with Gasteiger partial charge in [-0.3, -0.25) is 0 Å².